The molecule has 0 saturated heterocycles. The molecule has 29 heavy (non-hydrogen) atoms. The summed E-state index contributed by atoms with van der Waals surface area (Å²) in [5, 5.41) is 13.4. The Bertz CT molecular complexity index is 1020. The number of non-ortho nitro benzene ring substituents is 1. The molecule has 0 saturated carbocycles. The molecule has 146 valence electrons. The molecule has 0 aliphatic rings. The predicted octanol–water partition coefficient (Wildman–Crippen LogP) is 4.54. The van der Waals surface area contributed by atoms with Crippen LogP contribution in [0.25, 0.3) is 0 Å². The lowest BCUT2D eigenvalue weighted by Gasteiger charge is -2.11. The highest BCUT2D eigenvalue weighted by atomic mass is 32.2. The smallest absolute Gasteiger partial charge is 0.338 e. The summed E-state index contributed by atoms with van der Waals surface area (Å²) < 4.78 is 4.99. The summed E-state index contributed by atoms with van der Waals surface area (Å²) in [6, 6.07) is 22.0. The number of anilines is 1. The number of ether oxygens (including phenoxy) is 1. The van der Waals surface area contributed by atoms with Crippen molar-refractivity contribution in [2.75, 3.05) is 11.9 Å². The SMILES string of the molecule is O=C(COC(=O)c1ccc([N+](=O)[O-])cc1)Nc1ccccc1Sc1ccccc1. The van der Waals surface area contributed by atoms with Crippen molar-refractivity contribution in [1.29, 1.82) is 0 Å². The third-order valence-corrected chi connectivity index (χ3v) is 4.86. The molecule has 0 aromatic heterocycles. The molecule has 7 nitrogen and oxygen atoms in total. The molecule has 3 aromatic rings. The van der Waals surface area contributed by atoms with Gasteiger partial charge < -0.3 is 10.1 Å². The van der Waals surface area contributed by atoms with E-state index in [2.05, 4.69) is 5.32 Å². The van der Waals surface area contributed by atoms with Gasteiger partial charge in [0, 0.05) is 21.9 Å². The standard InChI is InChI=1S/C21H16N2O5S/c24-20(14-28-21(25)15-10-12-16(13-11-15)23(26)27)22-18-8-4-5-9-19(18)29-17-6-2-1-3-7-17/h1-13H,14H2,(H,22,24). The second kappa shape index (κ2) is 9.52. The van der Waals surface area contributed by atoms with Crippen LogP contribution >= 0.6 is 11.8 Å². The van der Waals surface area contributed by atoms with E-state index in [1.807, 2.05) is 42.5 Å². The van der Waals surface area contributed by atoms with E-state index in [1.165, 1.54) is 36.0 Å². The molecule has 0 radical (unpaired) electrons. The van der Waals surface area contributed by atoms with Gasteiger partial charge in [-0.3, -0.25) is 14.9 Å². The van der Waals surface area contributed by atoms with Crippen LogP contribution in [0.2, 0.25) is 0 Å². The van der Waals surface area contributed by atoms with Gasteiger partial charge in [0.15, 0.2) is 6.61 Å². The molecule has 1 N–H and O–H groups in total. The first-order valence-electron chi connectivity index (χ1n) is 8.56. The summed E-state index contributed by atoms with van der Waals surface area (Å²) in [5.74, 6) is -1.22. The maximum atomic E-state index is 12.2. The minimum atomic E-state index is -0.734. The van der Waals surface area contributed by atoms with Crippen molar-refractivity contribution < 1.29 is 19.2 Å². The Morgan fingerprint density at radius 2 is 1.59 bits per heavy atom. The molecule has 0 fully saturated rings. The largest absolute Gasteiger partial charge is 0.452 e. The van der Waals surface area contributed by atoms with Crippen LogP contribution in [0.4, 0.5) is 11.4 Å². The highest BCUT2D eigenvalue weighted by Crippen LogP contribution is 2.33. The van der Waals surface area contributed by atoms with Gasteiger partial charge in [-0.15, -0.1) is 0 Å². The Labute approximate surface area is 170 Å². The lowest BCUT2D eigenvalue weighted by molar-refractivity contribution is -0.384. The van der Waals surface area contributed by atoms with Crippen LogP contribution < -0.4 is 5.32 Å². The summed E-state index contributed by atoms with van der Waals surface area (Å²) in [5.41, 5.74) is 0.605. The molecular formula is C21H16N2O5S. The third kappa shape index (κ3) is 5.66. The maximum Gasteiger partial charge on any atom is 0.338 e. The molecule has 0 atom stereocenters. The Balaban J connectivity index is 1.58. The first kappa shape index (κ1) is 20.1. The zero-order valence-corrected chi connectivity index (χ0v) is 15.9. The van der Waals surface area contributed by atoms with Crippen LogP contribution in [0.15, 0.2) is 88.7 Å². The van der Waals surface area contributed by atoms with Crippen LogP contribution in [0, 0.1) is 10.1 Å². The summed E-state index contributed by atoms with van der Waals surface area (Å²) >= 11 is 1.50. The number of hydrogen-bond donors (Lipinski definition) is 1. The molecule has 0 aliphatic heterocycles. The molecule has 0 aliphatic carbocycles. The van der Waals surface area contributed by atoms with E-state index >= 15 is 0 Å². The molecule has 0 spiro atoms. The molecular weight excluding hydrogens is 392 g/mol. The second-order valence-electron chi connectivity index (χ2n) is 5.84. The van der Waals surface area contributed by atoms with Crippen molar-refractivity contribution in [2.24, 2.45) is 0 Å². The van der Waals surface area contributed by atoms with Crippen molar-refractivity contribution in [2.45, 2.75) is 9.79 Å². The Morgan fingerprint density at radius 1 is 0.931 bits per heavy atom. The molecule has 0 unspecified atom stereocenters. The third-order valence-electron chi connectivity index (χ3n) is 3.78. The van der Waals surface area contributed by atoms with Crippen molar-refractivity contribution in [3.8, 4) is 0 Å². The number of nitro groups is 1. The molecule has 0 heterocycles. The number of hydrogen-bond acceptors (Lipinski definition) is 6. The zero-order valence-electron chi connectivity index (χ0n) is 15.1. The lowest BCUT2D eigenvalue weighted by Crippen LogP contribution is -2.21. The van der Waals surface area contributed by atoms with Crippen LogP contribution in [0.1, 0.15) is 10.4 Å². The second-order valence-corrected chi connectivity index (χ2v) is 6.95. The van der Waals surface area contributed by atoms with E-state index < -0.39 is 23.4 Å². The van der Waals surface area contributed by atoms with Crippen molar-refractivity contribution in [3.63, 3.8) is 0 Å². The van der Waals surface area contributed by atoms with E-state index in [0.717, 1.165) is 9.79 Å². The van der Waals surface area contributed by atoms with Gasteiger partial charge in [-0.1, -0.05) is 42.1 Å². The number of rotatable bonds is 7. The quantitative estimate of drug-likeness (QED) is 0.350. The van der Waals surface area contributed by atoms with Crippen molar-refractivity contribution in [1.82, 2.24) is 0 Å². The van der Waals surface area contributed by atoms with E-state index in [9.17, 15) is 19.7 Å². The van der Waals surface area contributed by atoms with Crippen molar-refractivity contribution >= 4 is 35.0 Å². The number of nitrogens with zero attached hydrogens (tertiary/aromatic N) is 1. The fraction of sp³-hybridized carbons (Fsp3) is 0.0476. The summed E-state index contributed by atoms with van der Waals surface area (Å²) in [6.45, 7) is -0.472. The number of para-hydroxylation sites is 1. The first-order valence-corrected chi connectivity index (χ1v) is 9.38. The fourth-order valence-electron chi connectivity index (χ4n) is 2.39. The summed E-state index contributed by atoms with van der Waals surface area (Å²) in [6.07, 6.45) is 0. The number of nitrogens with one attached hydrogen (secondary N) is 1. The Kier molecular flexibility index (Phi) is 6.59. The predicted molar refractivity (Wildman–Crippen MR) is 109 cm³/mol. The van der Waals surface area contributed by atoms with E-state index in [4.69, 9.17) is 4.74 Å². The minimum absolute atomic E-state index is 0.128. The van der Waals surface area contributed by atoms with Gasteiger partial charge in [-0.05, 0) is 36.4 Å². The zero-order chi connectivity index (χ0) is 20.6. The molecule has 8 heteroatoms. The highest BCUT2D eigenvalue weighted by molar-refractivity contribution is 7.99. The summed E-state index contributed by atoms with van der Waals surface area (Å²) in [4.78, 5) is 36.2. The average Bonchev–Trinajstić information content (AvgIpc) is 2.74. The maximum absolute atomic E-state index is 12.2. The molecule has 3 rings (SSSR count). The fourth-order valence-corrected chi connectivity index (χ4v) is 3.32. The molecule has 0 bridgehead atoms. The first-order chi connectivity index (χ1) is 14.0. The number of nitro benzene ring substituents is 1. The Morgan fingerprint density at radius 3 is 2.28 bits per heavy atom. The Hall–Kier alpha value is -3.65. The van der Waals surface area contributed by atoms with Crippen LogP contribution in [0.5, 0.6) is 0 Å². The monoisotopic (exact) mass is 408 g/mol. The van der Waals surface area contributed by atoms with E-state index in [0.29, 0.717) is 5.69 Å². The van der Waals surface area contributed by atoms with Gasteiger partial charge in [-0.2, -0.15) is 0 Å². The summed E-state index contributed by atoms with van der Waals surface area (Å²) in [7, 11) is 0. The van der Waals surface area contributed by atoms with Crippen LogP contribution in [-0.4, -0.2) is 23.4 Å². The molecule has 1 amide bonds. The minimum Gasteiger partial charge on any atom is -0.452 e. The number of esters is 1. The number of carbonyl (C=O) groups is 2. The van der Waals surface area contributed by atoms with E-state index in [-0.39, 0.29) is 11.3 Å². The van der Waals surface area contributed by atoms with Gasteiger partial charge in [0.1, 0.15) is 0 Å². The normalized spacial score (nSPS) is 10.2. The van der Waals surface area contributed by atoms with Gasteiger partial charge in [0.05, 0.1) is 16.2 Å². The van der Waals surface area contributed by atoms with Crippen molar-refractivity contribution in [3.05, 3.63) is 94.5 Å². The number of amides is 1. The number of benzene rings is 3. The van der Waals surface area contributed by atoms with Gasteiger partial charge in [0.25, 0.3) is 11.6 Å². The lowest BCUT2D eigenvalue weighted by atomic mass is 10.2. The number of carbonyl (C=O) groups excluding carboxylic acids is 2. The highest BCUT2D eigenvalue weighted by Gasteiger charge is 2.13. The average molecular weight is 408 g/mol. The topological polar surface area (TPSA) is 98.5 Å². The van der Waals surface area contributed by atoms with Gasteiger partial charge in [-0.25, -0.2) is 4.79 Å². The van der Waals surface area contributed by atoms with Crippen LogP contribution in [-0.2, 0) is 9.53 Å². The van der Waals surface area contributed by atoms with Crippen LogP contribution in [0.3, 0.4) is 0 Å². The van der Waals surface area contributed by atoms with Gasteiger partial charge >= 0.3 is 5.97 Å². The molecule has 3 aromatic carbocycles. The van der Waals surface area contributed by atoms with Gasteiger partial charge in [0.2, 0.25) is 0 Å². The van der Waals surface area contributed by atoms with E-state index in [1.54, 1.807) is 12.1 Å².